The maximum absolute atomic E-state index is 12.1. The Hall–Kier alpha value is -3.37. The van der Waals surface area contributed by atoms with Crippen LogP contribution in [0.1, 0.15) is 15.9 Å². The monoisotopic (exact) mass is 359 g/mol. The van der Waals surface area contributed by atoms with E-state index in [9.17, 15) is 14.4 Å². The number of hydrogen-bond donors (Lipinski definition) is 6. The van der Waals surface area contributed by atoms with E-state index in [-0.39, 0.29) is 5.56 Å². The summed E-state index contributed by atoms with van der Waals surface area (Å²) in [5.74, 6) is 7.26. The van der Waals surface area contributed by atoms with Crippen LogP contribution in [0, 0.1) is 23.7 Å². The Morgan fingerprint density at radius 3 is 2.31 bits per heavy atom. The first-order valence-corrected chi connectivity index (χ1v) is 7.29. The molecule has 0 radical (unpaired) electrons. The van der Waals surface area contributed by atoms with Gasteiger partial charge in [0.15, 0.2) is 6.04 Å². The van der Waals surface area contributed by atoms with Crippen LogP contribution in [0.2, 0.25) is 0 Å². The standard InChI is InChI=1S/C17H17N3O6/c1-18-16(24)14(17(25)20-26)19-15(23)12-8-6-11(7-9-12)4-2-3-5-13(22)10-21/h6-9,13-14,21-22,26H,10H2,1H3,(H,18,24)(H,19,23)(H,20,25). The van der Waals surface area contributed by atoms with Crippen LogP contribution in [0.3, 0.4) is 0 Å². The number of aliphatic hydroxyl groups excluding tert-OH is 2. The lowest BCUT2D eigenvalue weighted by atomic mass is 10.1. The zero-order valence-corrected chi connectivity index (χ0v) is 13.7. The first kappa shape index (κ1) is 20.7. The zero-order valence-electron chi connectivity index (χ0n) is 13.7. The Balaban J connectivity index is 2.82. The summed E-state index contributed by atoms with van der Waals surface area (Å²) in [6, 6.07) is 4.30. The molecule has 6 N–H and O–H groups in total. The van der Waals surface area contributed by atoms with Crippen molar-refractivity contribution in [3.8, 4) is 23.7 Å². The fourth-order valence-corrected chi connectivity index (χ4v) is 1.65. The molecule has 0 spiro atoms. The number of benzene rings is 1. The second-order valence-corrected chi connectivity index (χ2v) is 4.79. The Bertz CT molecular complexity index is 767. The van der Waals surface area contributed by atoms with E-state index < -0.39 is 36.5 Å². The maximum atomic E-state index is 12.1. The van der Waals surface area contributed by atoms with Crippen LogP contribution in [0.25, 0.3) is 0 Å². The Kier molecular flexibility index (Phi) is 8.34. The molecule has 0 fully saturated rings. The fourth-order valence-electron chi connectivity index (χ4n) is 1.65. The molecule has 0 aliphatic rings. The number of carbonyl (C=O) groups is 3. The summed E-state index contributed by atoms with van der Waals surface area (Å²) in [6.07, 6.45) is -1.15. The van der Waals surface area contributed by atoms with Crippen LogP contribution in [0.4, 0.5) is 0 Å². The van der Waals surface area contributed by atoms with Crippen LogP contribution in [-0.4, -0.2) is 58.9 Å². The molecular weight excluding hydrogens is 342 g/mol. The van der Waals surface area contributed by atoms with Gasteiger partial charge in [0.05, 0.1) is 6.61 Å². The largest absolute Gasteiger partial charge is 0.393 e. The van der Waals surface area contributed by atoms with Crippen molar-refractivity contribution >= 4 is 17.7 Å². The van der Waals surface area contributed by atoms with Gasteiger partial charge in [-0.15, -0.1) is 0 Å². The number of hydroxylamine groups is 1. The molecular formula is C17H17N3O6. The number of hydrogen-bond acceptors (Lipinski definition) is 6. The Labute approximate surface area is 149 Å². The molecule has 26 heavy (non-hydrogen) atoms. The summed E-state index contributed by atoms with van der Waals surface area (Å²) in [5, 5.41) is 30.6. The lowest BCUT2D eigenvalue weighted by Gasteiger charge is -2.15. The molecule has 136 valence electrons. The van der Waals surface area contributed by atoms with E-state index in [2.05, 4.69) is 34.3 Å². The van der Waals surface area contributed by atoms with Crippen molar-refractivity contribution < 1.29 is 29.8 Å². The molecule has 0 saturated carbocycles. The van der Waals surface area contributed by atoms with E-state index in [0.29, 0.717) is 5.56 Å². The van der Waals surface area contributed by atoms with Crippen LogP contribution in [0.5, 0.6) is 0 Å². The summed E-state index contributed by atoms with van der Waals surface area (Å²) in [4.78, 5) is 35.1. The van der Waals surface area contributed by atoms with E-state index in [1.165, 1.54) is 36.8 Å². The first-order valence-electron chi connectivity index (χ1n) is 7.29. The molecule has 0 aromatic heterocycles. The molecule has 1 aromatic rings. The van der Waals surface area contributed by atoms with Gasteiger partial charge in [0.2, 0.25) is 0 Å². The van der Waals surface area contributed by atoms with E-state index in [1.54, 1.807) is 0 Å². The number of amides is 3. The molecule has 9 nitrogen and oxygen atoms in total. The van der Waals surface area contributed by atoms with Crippen LogP contribution < -0.4 is 16.1 Å². The smallest absolute Gasteiger partial charge is 0.275 e. The Morgan fingerprint density at radius 1 is 1.12 bits per heavy atom. The highest BCUT2D eigenvalue weighted by molar-refractivity contribution is 6.08. The van der Waals surface area contributed by atoms with Gasteiger partial charge < -0.3 is 20.8 Å². The van der Waals surface area contributed by atoms with Crippen molar-refractivity contribution in [1.82, 2.24) is 16.1 Å². The average molecular weight is 359 g/mol. The van der Waals surface area contributed by atoms with Gasteiger partial charge in [0.1, 0.15) is 6.10 Å². The van der Waals surface area contributed by atoms with Gasteiger partial charge in [-0.2, -0.15) is 0 Å². The van der Waals surface area contributed by atoms with Gasteiger partial charge in [-0.1, -0.05) is 11.8 Å². The number of rotatable bonds is 5. The van der Waals surface area contributed by atoms with Gasteiger partial charge in [-0.05, 0) is 36.1 Å². The molecule has 0 bridgehead atoms. The number of aliphatic hydroxyl groups is 2. The minimum Gasteiger partial charge on any atom is -0.393 e. The van der Waals surface area contributed by atoms with Gasteiger partial charge >= 0.3 is 0 Å². The van der Waals surface area contributed by atoms with Gasteiger partial charge in [-0.3, -0.25) is 19.6 Å². The minimum atomic E-state index is -1.59. The molecule has 1 aromatic carbocycles. The van der Waals surface area contributed by atoms with E-state index in [0.717, 1.165) is 0 Å². The van der Waals surface area contributed by atoms with E-state index >= 15 is 0 Å². The zero-order chi connectivity index (χ0) is 19.5. The predicted molar refractivity (Wildman–Crippen MR) is 89.4 cm³/mol. The summed E-state index contributed by atoms with van der Waals surface area (Å²) >= 11 is 0. The topological polar surface area (TPSA) is 148 Å². The maximum Gasteiger partial charge on any atom is 0.275 e. The number of carbonyl (C=O) groups excluding carboxylic acids is 3. The highest BCUT2D eigenvalue weighted by Crippen LogP contribution is 2.04. The molecule has 1 rings (SSSR count). The third-order valence-electron chi connectivity index (χ3n) is 2.98. The predicted octanol–water partition coefficient (Wildman–Crippen LogP) is -2.26. The van der Waals surface area contributed by atoms with Gasteiger partial charge in [0, 0.05) is 18.2 Å². The molecule has 0 saturated heterocycles. The van der Waals surface area contributed by atoms with E-state index in [1.807, 2.05) is 0 Å². The van der Waals surface area contributed by atoms with Crippen molar-refractivity contribution in [2.45, 2.75) is 12.1 Å². The molecule has 9 heteroatoms. The van der Waals surface area contributed by atoms with Crippen LogP contribution in [0.15, 0.2) is 24.3 Å². The summed E-state index contributed by atoms with van der Waals surface area (Å²) in [7, 11) is 1.28. The van der Waals surface area contributed by atoms with E-state index in [4.69, 9.17) is 15.4 Å². The van der Waals surface area contributed by atoms with Crippen molar-refractivity contribution in [2.75, 3.05) is 13.7 Å². The summed E-state index contributed by atoms with van der Waals surface area (Å²) in [5.41, 5.74) is 2.00. The Morgan fingerprint density at radius 2 is 1.77 bits per heavy atom. The molecule has 3 amide bonds. The first-order chi connectivity index (χ1) is 12.4. The average Bonchev–Trinajstić information content (AvgIpc) is 2.68. The highest BCUT2D eigenvalue weighted by atomic mass is 16.5. The molecule has 2 unspecified atom stereocenters. The fraction of sp³-hybridized carbons (Fsp3) is 0.235. The van der Waals surface area contributed by atoms with Gasteiger partial charge in [0.25, 0.3) is 17.7 Å². The number of likely N-dealkylation sites (N-methyl/N-ethyl adjacent to an activating group) is 1. The molecule has 0 aliphatic heterocycles. The lowest BCUT2D eigenvalue weighted by molar-refractivity contribution is -0.137. The normalized spacial score (nSPS) is 11.5. The van der Waals surface area contributed by atoms with Gasteiger partial charge in [-0.25, -0.2) is 5.48 Å². The second kappa shape index (κ2) is 10.5. The molecule has 0 heterocycles. The van der Waals surface area contributed by atoms with Crippen molar-refractivity contribution in [1.29, 1.82) is 0 Å². The van der Waals surface area contributed by atoms with Crippen LogP contribution in [-0.2, 0) is 9.59 Å². The quantitative estimate of drug-likeness (QED) is 0.151. The second-order valence-electron chi connectivity index (χ2n) is 4.79. The summed E-state index contributed by atoms with van der Waals surface area (Å²) < 4.78 is 0. The third kappa shape index (κ3) is 6.26. The van der Waals surface area contributed by atoms with Crippen molar-refractivity contribution in [2.24, 2.45) is 0 Å². The minimum absolute atomic E-state index is 0.164. The summed E-state index contributed by atoms with van der Waals surface area (Å²) in [6.45, 7) is -0.482. The molecule has 2 atom stereocenters. The number of nitrogens with one attached hydrogen (secondary N) is 3. The van der Waals surface area contributed by atoms with Crippen molar-refractivity contribution in [3.05, 3.63) is 35.4 Å². The van der Waals surface area contributed by atoms with Crippen LogP contribution >= 0.6 is 0 Å². The lowest BCUT2D eigenvalue weighted by Crippen LogP contribution is -2.54. The third-order valence-corrected chi connectivity index (χ3v) is 2.98. The highest BCUT2D eigenvalue weighted by Gasteiger charge is 2.27. The molecule has 0 aliphatic carbocycles. The SMILES string of the molecule is CNC(=O)C(NC(=O)c1ccc(C#CC#CC(O)CO)cc1)C(=O)NO. The van der Waals surface area contributed by atoms with Crippen molar-refractivity contribution in [3.63, 3.8) is 0 Å².